The summed E-state index contributed by atoms with van der Waals surface area (Å²) in [7, 11) is 0. The Morgan fingerprint density at radius 1 is 1.02 bits per heavy atom. The quantitative estimate of drug-likeness (QED) is 0.124. The van der Waals surface area contributed by atoms with E-state index in [1.54, 1.807) is 19.9 Å². The second kappa shape index (κ2) is 10.6. The van der Waals surface area contributed by atoms with E-state index in [0.717, 1.165) is 43.9 Å². The fourth-order valence-electron chi connectivity index (χ4n) is 4.81. The van der Waals surface area contributed by atoms with E-state index in [0.29, 0.717) is 25.7 Å². The van der Waals surface area contributed by atoms with Gasteiger partial charge in [-0.15, -0.1) is 21.5 Å². The Hall–Kier alpha value is -3.93. The van der Waals surface area contributed by atoms with Gasteiger partial charge in [-0.2, -0.15) is 0 Å². The number of rotatable bonds is 7. The zero-order valence-corrected chi connectivity index (χ0v) is 23.7. The molecule has 6 rings (SSSR count). The van der Waals surface area contributed by atoms with Crippen molar-refractivity contribution in [2.45, 2.75) is 30.0 Å². The Morgan fingerprint density at radius 3 is 2.55 bits per heavy atom. The SMILES string of the molecule is Cc1nc(C)c(C(=O)C2=C(O)C(=O)N(c3nnc(SCc4cccc5ccccc45)s3)C2c2ccccc2F)s1. The Labute approximate surface area is 241 Å². The number of aliphatic hydroxyl groups excluding tert-OH is 1. The summed E-state index contributed by atoms with van der Waals surface area (Å²) in [4.78, 5) is 32.9. The number of aromatic nitrogens is 3. The number of hydrogen-bond donors (Lipinski definition) is 1. The summed E-state index contributed by atoms with van der Waals surface area (Å²) in [6.07, 6.45) is 0. The predicted octanol–water partition coefficient (Wildman–Crippen LogP) is 6.98. The lowest BCUT2D eigenvalue weighted by Crippen LogP contribution is -2.31. The lowest BCUT2D eigenvalue weighted by atomic mass is 9.95. The number of hydrogen-bond acceptors (Lipinski definition) is 9. The van der Waals surface area contributed by atoms with Gasteiger partial charge in [-0.3, -0.25) is 14.5 Å². The number of anilines is 1. The van der Waals surface area contributed by atoms with Gasteiger partial charge in [0.05, 0.1) is 21.2 Å². The summed E-state index contributed by atoms with van der Waals surface area (Å²) in [6.45, 7) is 3.45. The number of halogens is 1. The van der Waals surface area contributed by atoms with E-state index in [4.69, 9.17) is 0 Å². The summed E-state index contributed by atoms with van der Waals surface area (Å²) in [5.41, 5.74) is 1.47. The third-order valence-electron chi connectivity index (χ3n) is 6.60. The van der Waals surface area contributed by atoms with Crippen LogP contribution in [-0.2, 0) is 10.5 Å². The number of carbonyl (C=O) groups excluding carboxylic acids is 2. The first kappa shape index (κ1) is 26.3. The average molecular weight is 589 g/mol. The number of amides is 1. The molecular formula is C29H21FN4O3S3. The largest absolute Gasteiger partial charge is 0.503 e. The van der Waals surface area contributed by atoms with Crippen LogP contribution in [0.25, 0.3) is 10.8 Å². The third-order valence-corrected chi connectivity index (χ3v) is 9.77. The molecule has 0 bridgehead atoms. The van der Waals surface area contributed by atoms with Crippen LogP contribution >= 0.6 is 34.4 Å². The molecule has 40 heavy (non-hydrogen) atoms. The average Bonchev–Trinajstić information content (AvgIpc) is 3.63. The number of carbonyl (C=O) groups is 2. The Morgan fingerprint density at radius 2 is 1.77 bits per heavy atom. The van der Waals surface area contributed by atoms with Gasteiger partial charge >= 0.3 is 0 Å². The van der Waals surface area contributed by atoms with Crippen molar-refractivity contribution >= 4 is 62.0 Å². The summed E-state index contributed by atoms with van der Waals surface area (Å²) < 4.78 is 15.7. The van der Waals surface area contributed by atoms with Gasteiger partial charge in [0.15, 0.2) is 10.1 Å². The van der Waals surface area contributed by atoms with Gasteiger partial charge in [0.25, 0.3) is 5.91 Å². The molecule has 1 atom stereocenters. The highest BCUT2D eigenvalue weighted by molar-refractivity contribution is 8.00. The molecule has 0 spiro atoms. The van der Waals surface area contributed by atoms with Gasteiger partial charge in [-0.05, 0) is 36.2 Å². The van der Waals surface area contributed by atoms with Crippen molar-refractivity contribution in [1.82, 2.24) is 15.2 Å². The molecule has 1 amide bonds. The number of fused-ring (bicyclic) bond motifs is 1. The molecule has 1 N–H and O–H groups in total. The van der Waals surface area contributed by atoms with E-state index < -0.39 is 29.3 Å². The molecule has 3 heterocycles. The Balaban J connectivity index is 1.35. The highest BCUT2D eigenvalue weighted by atomic mass is 32.2. The Kier molecular flexibility index (Phi) is 6.95. The molecule has 200 valence electrons. The monoisotopic (exact) mass is 588 g/mol. The first-order valence-electron chi connectivity index (χ1n) is 12.3. The molecule has 1 aliphatic heterocycles. The lowest BCUT2D eigenvalue weighted by molar-refractivity contribution is -0.117. The van der Waals surface area contributed by atoms with Crippen LogP contribution in [0.4, 0.5) is 9.52 Å². The number of Topliss-reactive ketones (excluding diaryl/α,β-unsaturated/α-hetero) is 1. The molecule has 1 unspecified atom stereocenters. The van der Waals surface area contributed by atoms with E-state index in [1.807, 2.05) is 18.2 Å². The number of thiazole rings is 1. The van der Waals surface area contributed by atoms with Crippen LogP contribution in [0.5, 0.6) is 0 Å². The van der Waals surface area contributed by atoms with Crippen molar-refractivity contribution in [3.63, 3.8) is 0 Å². The van der Waals surface area contributed by atoms with Gasteiger partial charge in [0.1, 0.15) is 11.9 Å². The van der Waals surface area contributed by atoms with Crippen LogP contribution in [-0.4, -0.2) is 32.0 Å². The van der Waals surface area contributed by atoms with Crippen molar-refractivity contribution in [1.29, 1.82) is 0 Å². The van der Waals surface area contributed by atoms with Crippen LogP contribution in [0.1, 0.15) is 37.5 Å². The molecule has 0 saturated carbocycles. The van der Waals surface area contributed by atoms with Crippen LogP contribution < -0.4 is 4.90 Å². The van der Waals surface area contributed by atoms with Crippen molar-refractivity contribution in [2.24, 2.45) is 0 Å². The number of aliphatic hydroxyl groups is 1. The van der Waals surface area contributed by atoms with E-state index in [1.165, 1.54) is 30.0 Å². The van der Waals surface area contributed by atoms with E-state index in [9.17, 15) is 14.7 Å². The summed E-state index contributed by atoms with van der Waals surface area (Å²) in [5.74, 6) is -2.13. The summed E-state index contributed by atoms with van der Waals surface area (Å²) in [6, 6.07) is 18.9. The number of nitrogens with zero attached hydrogens (tertiary/aromatic N) is 4. The van der Waals surface area contributed by atoms with E-state index in [-0.39, 0.29) is 16.3 Å². The second-order valence-corrected chi connectivity index (χ2v) is 12.5. The van der Waals surface area contributed by atoms with Gasteiger partial charge in [-0.25, -0.2) is 9.37 Å². The molecule has 5 aromatic rings. The summed E-state index contributed by atoms with van der Waals surface area (Å²) in [5, 5.41) is 22.6. The molecule has 0 radical (unpaired) electrons. The molecule has 1 aliphatic rings. The minimum absolute atomic E-state index is 0.0716. The normalized spacial score (nSPS) is 15.4. The van der Waals surface area contributed by atoms with Crippen molar-refractivity contribution in [2.75, 3.05) is 4.90 Å². The first-order chi connectivity index (χ1) is 19.3. The smallest absolute Gasteiger partial charge is 0.296 e. The molecular weight excluding hydrogens is 568 g/mol. The van der Waals surface area contributed by atoms with Gasteiger partial charge in [0.2, 0.25) is 10.9 Å². The number of thioether (sulfide) groups is 1. The van der Waals surface area contributed by atoms with Crippen molar-refractivity contribution in [3.05, 3.63) is 111 Å². The van der Waals surface area contributed by atoms with E-state index in [2.05, 4.69) is 39.4 Å². The summed E-state index contributed by atoms with van der Waals surface area (Å²) >= 11 is 3.77. The van der Waals surface area contributed by atoms with Crippen LogP contribution in [0.3, 0.4) is 0 Å². The highest BCUT2D eigenvalue weighted by Gasteiger charge is 2.47. The maximum atomic E-state index is 15.1. The molecule has 3 aromatic carbocycles. The maximum Gasteiger partial charge on any atom is 0.296 e. The number of aryl methyl sites for hydroxylation is 2. The van der Waals surface area contributed by atoms with Gasteiger partial charge < -0.3 is 5.11 Å². The van der Waals surface area contributed by atoms with Crippen molar-refractivity contribution in [3.8, 4) is 0 Å². The molecule has 0 saturated heterocycles. The molecule has 7 nitrogen and oxygen atoms in total. The van der Waals surface area contributed by atoms with E-state index >= 15 is 4.39 Å². The van der Waals surface area contributed by atoms with Crippen molar-refractivity contribution < 1.29 is 19.1 Å². The fraction of sp³-hybridized carbons (Fsp3) is 0.138. The fourth-order valence-corrected chi connectivity index (χ4v) is 7.55. The molecule has 0 fully saturated rings. The first-order valence-corrected chi connectivity index (χ1v) is 14.9. The standard InChI is InChI=1S/C29H21FN4O3S3/c1-15-26(39-16(2)31-15)24(35)22-23(20-12-5-6-13-21(20)30)34(27(37)25(22)36)28-32-33-29(40-28)38-14-18-10-7-9-17-8-3-4-11-19(17)18/h3-13,23,36H,14H2,1-2H3. The zero-order valence-electron chi connectivity index (χ0n) is 21.3. The molecule has 2 aromatic heterocycles. The number of benzene rings is 3. The van der Waals surface area contributed by atoms with Crippen LogP contribution in [0, 0.1) is 19.7 Å². The Bertz CT molecular complexity index is 1820. The third kappa shape index (κ3) is 4.59. The lowest BCUT2D eigenvalue weighted by Gasteiger charge is -2.24. The van der Waals surface area contributed by atoms with Gasteiger partial charge in [-0.1, -0.05) is 83.8 Å². The topological polar surface area (TPSA) is 96.3 Å². The zero-order chi connectivity index (χ0) is 28.0. The molecule has 11 heteroatoms. The van der Waals surface area contributed by atoms with Crippen LogP contribution in [0.15, 0.2) is 82.4 Å². The minimum atomic E-state index is -1.22. The second-order valence-electron chi connectivity index (χ2n) is 9.12. The predicted molar refractivity (Wildman–Crippen MR) is 156 cm³/mol. The molecule has 0 aliphatic carbocycles. The highest BCUT2D eigenvalue weighted by Crippen LogP contribution is 2.45. The minimum Gasteiger partial charge on any atom is -0.503 e. The number of ketones is 1. The van der Waals surface area contributed by atoms with Crippen LogP contribution in [0.2, 0.25) is 0 Å². The maximum absolute atomic E-state index is 15.1. The van der Waals surface area contributed by atoms with Gasteiger partial charge in [0, 0.05) is 11.3 Å².